The maximum atomic E-state index is 14.9. The van der Waals surface area contributed by atoms with Gasteiger partial charge in [0.1, 0.15) is 29.5 Å². The predicted molar refractivity (Wildman–Crippen MR) is 233 cm³/mol. The van der Waals surface area contributed by atoms with E-state index in [4.69, 9.17) is 48.4 Å². The number of carbonyl (C=O) groups is 2. The lowest BCUT2D eigenvalue weighted by molar-refractivity contribution is -0.0145. The molecular formula is C44H66F3N7O12. The highest BCUT2D eigenvalue weighted by Gasteiger charge is 2.53. The quantitative estimate of drug-likeness (QED) is 0.0523. The van der Waals surface area contributed by atoms with Gasteiger partial charge >= 0.3 is 6.16 Å². The van der Waals surface area contributed by atoms with E-state index < -0.39 is 41.8 Å². The molecule has 1 amide bonds. The maximum absolute atomic E-state index is 14.9. The van der Waals surface area contributed by atoms with Gasteiger partial charge < -0.3 is 64.1 Å². The van der Waals surface area contributed by atoms with Crippen LogP contribution in [0.1, 0.15) is 71.4 Å². The van der Waals surface area contributed by atoms with E-state index in [1.165, 1.54) is 29.1 Å². The predicted octanol–water partition coefficient (Wildman–Crippen LogP) is 4.25. The third-order valence-electron chi connectivity index (χ3n) is 11.4. The Morgan fingerprint density at radius 3 is 1.94 bits per heavy atom. The van der Waals surface area contributed by atoms with Crippen LogP contribution in [0.2, 0.25) is 0 Å². The minimum Gasteiger partial charge on any atom is -0.432 e. The van der Waals surface area contributed by atoms with E-state index >= 15 is 0 Å². The molecule has 2 fully saturated rings. The van der Waals surface area contributed by atoms with Gasteiger partial charge in [-0.2, -0.15) is 19.0 Å². The number of rotatable bonds is 31. The summed E-state index contributed by atoms with van der Waals surface area (Å²) in [5.74, 6) is -4.44. The summed E-state index contributed by atoms with van der Waals surface area (Å²) in [5.41, 5.74) is 5.55. The zero-order valence-electron chi connectivity index (χ0n) is 38.3. The van der Waals surface area contributed by atoms with Gasteiger partial charge in [0.25, 0.3) is 11.8 Å². The lowest BCUT2D eigenvalue weighted by atomic mass is 9.86. The Kier molecular flexibility index (Phi) is 20.9. The number of hydrogen-bond acceptors (Lipinski definition) is 16. The molecule has 66 heavy (non-hydrogen) atoms. The number of anilines is 2. The van der Waals surface area contributed by atoms with E-state index in [1.54, 1.807) is 21.1 Å². The van der Waals surface area contributed by atoms with Crippen molar-refractivity contribution >= 4 is 23.6 Å². The van der Waals surface area contributed by atoms with Gasteiger partial charge in [-0.3, -0.25) is 9.48 Å². The summed E-state index contributed by atoms with van der Waals surface area (Å²) in [4.78, 5) is 25.8. The highest BCUT2D eigenvalue weighted by Crippen LogP contribution is 2.58. The molecule has 2 atom stereocenters. The molecule has 370 valence electrons. The van der Waals surface area contributed by atoms with Gasteiger partial charge in [0, 0.05) is 57.5 Å². The molecule has 1 aromatic carbocycles. The van der Waals surface area contributed by atoms with Crippen LogP contribution in [0.5, 0.6) is 0 Å². The van der Waals surface area contributed by atoms with Gasteiger partial charge in [-0.25, -0.2) is 13.9 Å². The van der Waals surface area contributed by atoms with Gasteiger partial charge in [0.05, 0.1) is 97.2 Å². The molecule has 0 radical (unpaired) electrons. The van der Waals surface area contributed by atoms with Crippen molar-refractivity contribution in [1.29, 1.82) is 0 Å². The van der Waals surface area contributed by atoms with Crippen LogP contribution in [-0.4, -0.2) is 149 Å². The number of amides is 1. The fourth-order valence-electron chi connectivity index (χ4n) is 8.24. The molecular weight excluding hydrogens is 876 g/mol. The monoisotopic (exact) mass is 941 g/mol. The lowest BCUT2D eigenvalue weighted by Crippen LogP contribution is -2.27. The average molecular weight is 942 g/mol. The molecule has 0 saturated heterocycles. The third kappa shape index (κ3) is 15.9. The number of alkyl halides is 2. The highest BCUT2D eigenvalue weighted by atomic mass is 19.3. The standard InChI is InChI=1S/C44H66F3N7O12/c1-30-23-34(5-6-36(30)45)50-41(55)37-38(51-53(3)40(37)48)31-24-32-26-44(57,27-33(32)25-31)35-28-54(52-39(35)43(2,46)47)29-66-42(56)65-22-21-60-10-8-49-7-9-59-13-14-62-17-18-64-20-19-63-16-15-61-12-11-58-4/h5-6,23,28,31-33,49,57H,7-22,24-27,29,48H2,1-4H3,(H,50,55). The molecule has 2 saturated carbocycles. The number of nitrogens with two attached hydrogens (primary N) is 1. The third-order valence-corrected chi connectivity index (χ3v) is 11.4. The second-order valence-electron chi connectivity index (χ2n) is 16.4. The van der Waals surface area contributed by atoms with Crippen molar-refractivity contribution < 1.29 is 70.5 Å². The summed E-state index contributed by atoms with van der Waals surface area (Å²) in [5, 5.41) is 26.5. The summed E-state index contributed by atoms with van der Waals surface area (Å²) in [6.07, 6.45) is 1.67. The van der Waals surface area contributed by atoms with Crippen LogP contribution in [0.4, 0.5) is 29.5 Å². The number of hydrogen-bond donors (Lipinski definition) is 4. The fourth-order valence-corrected chi connectivity index (χ4v) is 8.24. The molecule has 2 heterocycles. The Labute approximate surface area is 383 Å². The van der Waals surface area contributed by atoms with Crippen LogP contribution in [0.3, 0.4) is 0 Å². The molecule has 2 unspecified atom stereocenters. The van der Waals surface area contributed by atoms with E-state index in [9.17, 15) is 27.9 Å². The number of nitrogen functional groups attached to an aromatic ring is 1. The number of aliphatic hydroxyl groups is 1. The summed E-state index contributed by atoms with van der Waals surface area (Å²) in [6.45, 7) is 8.75. The van der Waals surface area contributed by atoms with E-state index in [1.807, 2.05) is 0 Å². The van der Waals surface area contributed by atoms with Crippen molar-refractivity contribution in [3.63, 3.8) is 0 Å². The number of nitrogens with one attached hydrogen (secondary N) is 2. The van der Waals surface area contributed by atoms with Crippen molar-refractivity contribution in [2.45, 2.75) is 63.7 Å². The summed E-state index contributed by atoms with van der Waals surface area (Å²) in [7, 11) is 3.26. The fraction of sp³-hybridized carbons (Fsp3) is 0.682. The molecule has 3 aromatic rings. The van der Waals surface area contributed by atoms with Crippen molar-refractivity contribution in [2.75, 3.05) is 124 Å². The van der Waals surface area contributed by atoms with E-state index in [0.29, 0.717) is 129 Å². The van der Waals surface area contributed by atoms with Crippen molar-refractivity contribution in [3.8, 4) is 0 Å². The van der Waals surface area contributed by atoms with Crippen molar-refractivity contribution in [3.05, 3.63) is 58.3 Å². The molecule has 5 rings (SSSR count). The van der Waals surface area contributed by atoms with E-state index in [-0.39, 0.29) is 60.8 Å². The van der Waals surface area contributed by atoms with Gasteiger partial charge in [0.15, 0.2) is 6.73 Å². The summed E-state index contributed by atoms with van der Waals surface area (Å²) < 4.78 is 93.9. The first-order valence-electron chi connectivity index (χ1n) is 22.2. The lowest BCUT2D eigenvalue weighted by Gasteiger charge is -2.26. The number of carbonyl (C=O) groups excluding carboxylic acids is 2. The number of methoxy groups -OCH3 is 1. The first-order chi connectivity index (χ1) is 31.7. The number of halogens is 3. The second-order valence-corrected chi connectivity index (χ2v) is 16.4. The Hall–Kier alpha value is -4.39. The number of benzene rings is 1. The Morgan fingerprint density at radius 2 is 1.39 bits per heavy atom. The van der Waals surface area contributed by atoms with Crippen LogP contribution in [0, 0.1) is 24.6 Å². The first kappa shape index (κ1) is 52.6. The molecule has 2 aromatic heterocycles. The molecule has 19 nitrogen and oxygen atoms in total. The molecule has 5 N–H and O–H groups in total. The zero-order valence-corrected chi connectivity index (χ0v) is 38.3. The number of fused-ring (bicyclic) bond motifs is 1. The van der Waals surface area contributed by atoms with Crippen LogP contribution >= 0.6 is 0 Å². The SMILES string of the molecule is COCCOCCOCCOCCOCCOCCNCCOCCOC(=O)OCn1cc(C2(O)CC3CC(c4nn(C)c(N)c4C(=O)Nc4ccc(F)c(C)c4)CC3C2)c(C(C)(F)F)n1. The van der Waals surface area contributed by atoms with E-state index in [2.05, 4.69) is 20.8 Å². The molecule has 2 aliphatic carbocycles. The molecule has 0 spiro atoms. The Morgan fingerprint density at radius 1 is 0.848 bits per heavy atom. The maximum Gasteiger partial charge on any atom is 0.510 e. The van der Waals surface area contributed by atoms with Crippen LogP contribution in [0.25, 0.3) is 0 Å². The van der Waals surface area contributed by atoms with Gasteiger partial charge in [0.2, 0.25) is 0 Å². The summed E-state index contributed by atoms with van der Waals surface area (Å²) >= 11 is 0. The largest absolute Gasteiger partial charge is 0.510 e. The Bertz CT molecular complexity index is 1950. The zero-order chi connectivity index (χ0) is 47.5. The van der Waals surface area contributed by atoms with Crippen LogP contribution in [0.15, 0.2) is 24.4 Å². The topological polar surface area (TPSA) is 223 Å². The van der Waals surface area contributed by atoms with Crippen LogP contribution < -0.4 is 16.4 Å². The highest BCUT2D eigenvalue weighted by molar-refractivity contribution is 6.08. The molecule has 0 bridgehead atoms. The smallest absolute Gasteiger partial charge is 0.432 e. The average Bonchev–Trinajstić information content (AvgIpc) is 4.04. The summed E-state index contributed by atoms with van der Waals surface area (Å²) in [6, 6.07) is 4.26. The minimum absolute atomic E-state index is 0.0376. The van der Waals surface area contributed by atoms with Crippen molar-refractivity contribution in [2.24, 2.45) is 18.9 Å². The van der Waals surface area contributed by atoms with Gasteiger partial charge in [-0.15, -0.1) is 0 Å². The number of ether oxygens (including phenoxy) is 9. The number of nitrogens with zero attached hydrogens (tertiary/aromatic N) is 4. The normalized spacial score (nSPS) is 19.4. The molecule has 0 aliphatic heterocycles. The van der Waals surface area contributed by atoms with Crippen LogP contribution in [-0.2, 0) is 67.9 Å². The molecule has 2 aliphatic rings. The minimum atomic E-state index is -3.41. The molecule has 22 heteroatoms. The van der Waals surface area contributed by atoms with Crippen molar-refractivity contribution in [1.82, 2.24) is 24.9 Å². The Balaban J connectivity index is 0.934. The van der Waals surface area contributed by atoms with Gasteiger partial charge in [-0.05, 0) is 68.2 Å². The van der Waals surface area contributed by atoms with Gasteiger partial charge in [-0.1, -0.05) is 0 Å². The number of aryl methyl sites for hydroxylation is 2. The number of aromatic nitrogens is 4. The first-order valence-corrected chi connectivity index (χ1v) is 22.2. The second kappa shape index (κ2) is 26.2. The van der Waals surface area contributed by atoms with E-state index in [0.717, 1.165) is 4.68 Å².